The van der Waals surface area contributed by atoms with E-state index in [-0.39, 0.29) is 10.7 Å². The Balaban J connectivity index is 2.17. The van der Waals surface area contributed by atoms with E-state index in [9.17, 15) is 13.7 Å². The van der Waals surface area contributed by atoms with Gasteiger partial charge < -0.3 is 5.32 Å². The van der Waals surface area contributed by atoms with E-state index in [0.29, 0.717) is 12.2 Å². The van der Waals surface area contributed by atoms with Gasteiger partial charge in [-0.05, 0) is 17.7 Å². The molecular weight excluding hydrogens is 264 g/mol. The Hall–Kier alpha value is -2.50. The Bertz CT molecular complexity index is 563. The first-order valence-corrected chi connectivity index (χ1v) is 6.00. The zero-order valence-electron chi connectivity index (χ0n) is 10.5. The minimum atomic E-state index is -2.98. The lowest BCUT2D eigenvalue weighted by atomic mass is 10.2. The number of para-hydroxylation sites is 2. The Kier molecular flexibility index (Phi) is 4.60. The van der Waals surface area contributed by atoms with Crippen LogP contribution in [0.15, 0.2) is 59.9 Å². The maximum atomic E-state index is 12.7. The molecule has 6 heteroatoms. The monoisotopic (exact) mass is 277 g/mol. The van der Waals surface area contributed by atoms with Crippen LogP contribution in [0.4, 0.5) is 20.2 Å². The molecule has 2 aromatic carbocycles. The summed E-state index contributed by atoms with van der Waals surface area (Å²) in [5.74, 6) is 0. The van der Waals surface area contributed by atoms with E-state index in [4.69, 9.17) is 0 Å². The van der Waals surface area contributed by atoms with Gasteiger partial charge in [-0.25, -0.2) is 0 Å². The molecule has 0 saturated carbocycles. The van der Waals surface area contributed by atoms with Gasteiger partial charge in [0.1, 0.15) is 0 Å². The van der Waals surface area contributed by atoms with Crippen molar-refractivity contribution in [2.45, 2.75) is 13.1 Å². The van der Waals surface area contributed by atoms with E-state index in [0.717, 1.165) is 5.56 Å². The molecule has 0 aromatic heterocycles. The summed E-state index contributed by atoms with van der Waals surface area (Å²) in [4.78, 5) is 10.5. The standard InChI is InChI=1S/C14H13F2N3O/c15-14(16)19(18-20)13-9-5-4-8-12(13)17-10-11-6-2-1-3-7-11/h1-9,14,17H,10H2. The molecule has 0 atom stereocenters. The normalized spacial score (nSPS) is 10.3. The first kappa shape index (κ1) is 13.9. The molecule has 4 nitrogen and oxygen atoms in total. The molecule has 20 heavy (non-hydrogen) atoms. The van der Waals surface area contributed by atoms with E-state index in [1.54, 1.807) is 18.2 Å². The van der Waals surface area contributed by atoms with Gasteiger partial charge in [0.25, 0.3) is 0 Å². The number of nitrogens with zero attached hydrogens (tertiary/aromatic N) is 2. The molecule has 1 N–H and O–H groups in total. The van der Waals surface area contributed by atoms with Gasteiger partial charge in [-0.3, -0.25) is 0 Å². The molecule has 0 aliphatic carbocycles. The largest absolute Gasteiger partial charge is 0.379 e. The van der Waals surface area contributed by atoms with Gasteiger partial charge in [0.05, 0.1) is 16.7 Å². The zero-order chi connectivity index (χ0) is 14.4. The number of hydrogen-bond acceptors (Lipinski definition) is 3. The Labute approximate surface area is 115 Å². The molecule has 0 aliphatic heterocycles. The first-order valence-electron chi connectivity index (χ1n) is 6.00. The van der Waals surface area contributed by atoms with E-state index in [1.807, 2.05) is 30.3 Å². The lowest BCUT2D eigenvalue weighted by molar-refractivity contribution is 0.143. The Morgan fingerprint density at radius 2 is 1.70 bits per heavy atom. The molecule has 0 fully saturated rings. The molecule has 0 unspecified atom stereocenters. The Morgan fingerprint density at radius 1 is 1.05 bits per heavy atom. The van der Waals surface area contributed by atoms with Gasteiger partial charge in [-0.1, -0.05) is 42.5 Å². The first-order chi connectivity index (χ1) is 9.72. The van der Waals surface area contributed by atoms with Crippen molar-refractivity contribution in [1.82, 2.24) is 0 Å². The summed E-state index contributed by atoms with van der Waals surface area (Å²) in [7, 11) is 0. The SMILES string of the molecule is O=NN(c1ccccc1NCc1ccccc1)C(F)F. The maximum Gasteiger partial charge on any atom is 0.336 e. The minimum absolute atomic E-state index is 0.0495. The number of hydrogen-bond donors (Lipinski definition) is 1. The number of anilines is 2. The zero-order valence-corrected chi connectivity index (χ0v) is 10.5. The highest BCUT2D eigenvalue weighted by molar-refractivity contribution is 5.69. The van der Waals surface area contributed by atoms with E-state index in [1.165, 1.54) is 6.07 Å². The summed E-state index contributed by atoms with van der Waals surface area (Å²) in [6.45, 7) is -2.51. The van der Waals surface area contributed by atoms with Crippen molar-refractivity contribution < 1.29 is 8.78 Å². The molecule has 2 aromatic rings. The predicted octanol–water partition coefficient (Wildman–Crippen LogP) is 4.01. The van der Waals surface area contributed by atoms with E-state index in [2.05, 4.69) is 10.6 Å². The fourth-order valence-electron chi connectivity index (χ4n) is 1.80. The number of alkyl halides is 2. The number of benzene rings is 2. The highest BCUT2D eigenvalue weighted by Crippen LogP contribution is 2.28. The summed E-state index contributed by atoms with van der Waals surface area (Å²) in [5, 5.41) is 5.54. The third kappa shape index (κ3) is 3.28. The molecule has 0 spiro atoms. The average molecular weight is 277 g/mol. The molecule has 0 amide bonds. The lowest BCUT2D eigenvalue weighted by Crippen LogP contribution is -2.22. The maximum absolute atomic E-state index is 12.7. The van der Waals surface area contributed by atoms with Crippen LogP contribution < -0.4 is 10.3 Å². The molecule has 104 valence electrons. The Morgan fingerprint density at radius 3 is 2.35 bits per heavy atom. The van der Waals surface area contributed by atoms with Crippen molar-refractivity contribution in [2.24, 2.45) is 5.29 Å². The highest BCUT2D eigenvalue weighted by Gasteiger charge is 2.20. The van der Waals surface area contributed by atoms with Gasteiger partial charge in [0, 0.05) is 6.54 Å². The van der Waals surface area contributed by atoms with Crippen LogP contribution in [0, 0.1) is 4.91 Å². The third-order valence-electron chi connectivity index (χ3n) is 2.75. The topological polar surface area (TPSA) is 44.7 Å². The quantitative estimate of drug-likeness (QED) is 0.493. The van der Waals surface area contributed by atoms with Crippen LogP contribution in [0.5, 0.6) is 0 Å². The van der Waals surface area contributed by atoms with Crippen molar-refractivity contribution in [3.8, 4) is 0 Å². The molecule has 0 saturated heterocycles. The smallest absolute Gasteiger partial charge is 0.336 e. The van der Waals surface area contributed by atoms with Crippen molar-refractivity contribution in [3.63, 3.8) is 0 Å². The van der Waals surface area contributed by atoms with Crippen molar-refractivity contribution >= 4 is 11.4 Å². The van der Waals surface area contributed by atoms with Crippen LogP contribution in [-0.4, -0.2) is 6.55 Å². The van der Waals surface area contributed by atoms with Gasteiger partial charge in [-0.2, -0.15) is 13.8 Å². The molecule has 2 rings (SSSR count). The number of rotatable bonds is 6. The van der Waals surface area contributed by atoms with Crippen molar-refractivity contribution in [3.05, 3.63) is 65.1 Å². The van der Waals surface area contributed by atoms with Crippen molar-refractivity contribution in [1.29, 1.82) is 0 Å². The van der Waals surface area contributed by atoms with Crippen LogP contribution in [0.25, 0.3) is 0 Å². The predicted molar refractivity (Wildman–Crippen MR) is 74.5 cm³/mol. The molecular formula is C14H13F2N3O. The summed E-state index contributed by atoms with van der Waals surface area (Å²) < 4.78 is 25.5. The van der Waals surface area contributed by atoms with Crippen molar-refractivity contribution in [2.75, 3.05) is 10.3 Å². The summed E-state index contributed by atoms with van der Waals surface area (Å²) >= 11 is 0. The fourth-order valence-corrected chi connectivity index (χ4v) is 1.80. The lowest BCUT2D eigenvalue weighted by Gasteiger charge is -2.18. The van der Waals surface area contributed by atoms with Gasteiger partial charge >= 0.3 is 6.55 Å². The van der Waals surface area contributed by atoms with Crippen LogP contribution in [0.2, 0.25) is 0 Å². The summed E-state index contributed by atoms with van der Waals surface area (Å²) in [6.07, 6.45) is 0. The summed E-state index contributed by atoms with van der Waals surface area (Å²) in [5.41, 5.74) is 1.48. The second kappa shape index (κ2) is 6.60. The van der Waals surface area contributed by atoms with Crippen LogP contribution in [0.1, 0.15) is 5.56 Å². The number of halogens is 2. The third-order valence-corrected chi connectivity index (χ3v) is 2.75. The fraction of sp³-hybridized carbons (Fsp3) is 0.143. The number of nitroso groups, excluding NO2 is 1. The second-order valence-corrected chi connectivity index (χ2v) is 4.06. The van der Waals surface area contributed by atoms with Crippen LogP contribution in [-0.2, 0) is 6.54 Å². The van der Waals surface area contributed by atoms with Gasteiger partial charge in [0.15, 0.2) is 0 Å². The highest BCUT2D eigenvalue weighted by atomic mass is 19.3. The average Bonchev–Trinajstić information content (AvgIpc) is 2.48. The van der Waals surface area contributed by atoms with Crippen LogP contribution in [0.3, 0.4) is 0 Å². The van der Waals surface area contributed by atoms with Gasteiger partial charge in [-0.15, -0.1) is 4.91 Å². The number of nitrogens with one attached hydrogen (secondary N) is 1. The second-order valence-electron chi connectivity index (χ2n) is 4.06. The summed E-state index contributed by atoms with van der Waals surface area (Å²) in [6, 6.07) is 15.8. The van der Waals surface area contributed by atoms with E-state index >= 15 is 0 Å². The minimum Gasteiger partial charge on any atom is -0.379 e. The van der Waals surface area contributed by atoms with Crippen LogP contribution >= 0.6 is 0 Å². The molecule has 0 bridgehead atoms. The molecule has 0 radical (unpaired) electrons. The van der Waals surface area contributed by atoms with Gasteiger partial charge in [0.2, 0.25) is 0 Å². The molecule has 0 aliphatic rings. The molecule has 0 heterocycles. The van der Waals surface area contributed by atoms with E-state index < -0.39 is 6.55 Å².